The number of carbonyl (C=O) groups is 4. The normalized spacial score (nSPS) is 16.4. The number of nitrogens with one attached hydrogen (secondary N) is 1. The van der Waals surface area contributed by atoms with E-state index in [9.17, 15) is 29.1 Å². The van der Waals surface area contributed by atoms with Crippen LogP contribution in [0, 0.1) is 0 Å². The van der Waals surface area contributed by atoms with E-state index in [1.54, 1.807) is 110 Å². The Balaban J connectivity index is 1.54. The van der Waals surface area contributed by atoms with Crippen LogP contribution in [0.4, 0.5) is 5.69 Å². The molecule has 1 aromatic heterocycles. The Morgan fingerprint density at radius 1 is 0.865 bits per heavy atom. The van der Waals surface area contributed by atoms with Crippen LogP contribution in [-0.2, 0) is 14.3 Å². The zero-order valence-corrected chi connectivity index (χ0v) is 28.2. The molecule has 0 spiro atoms. The Kier molecular flexibility index (Phi) is 11.1. The molecule has 52 heavy (non-hydrogen) atoms. The average Bonchev–Trinajstić information content (AvgIpc) is 3.16. The van der Waals surface area contributed by atoms with Crippen LogP contribution >= 0.6 is 0 Å². The first-order chi connectivity index (χ1) is 25.3. The van der Waals surface area contributed by atoms with Gasteiger partial charge in [-0.05, 0) is 61.5 Å². The highest BCUT2D eigenvalue weighted by Crippen LogP contribution is 2.43. The summed E-state index contributed by atoms with van der Waals surface area (Å²) in [6.45, 7) is 1.75. The number of nitrogens with zero attached hydrogens (tertiary/aromatic N) is 1. The second-order valence-corrected chi connectivity index (χ2v) is 11.9. The largest absolute Gasteiger partial charge is 0.493 e. The van der Waals surface area contributed by atoms with E-state index in [0.717, 1.165) is 0 Å². The van der Waals surface area contributed by atoms with Gasteiger partial charge in [0.25, 0.3) is 11.8 Å². The highest BCUT2D eigenvalue weighted by Gasteiger charge is 2.48. The van der Waals surface area contributed by atoms with Gasteiger partial charge in [0.1, 0.15) is 23.0 Å². The second kappa shape index (κ2) is 16.2. The number of esters is 2. The maximum atomic E-state index is 14.5. The zero-order valence-electron chi connectivity index (χ0n) is 28.2. The van der Waals surface area contributed by atoms with Gasteiger partial charge in [0, 0.05) is 35.1 Å². The van der Waals surface area contributed by atoms with Crippen LogP contribution in [0.15, 0.2) is 118 Å². The molecule has 0 unspecified atom stereocenters. The molecule has 2 heterocycles. The van der Waals surface area contributed by atoms with Gasteiger partial charge < -0.3 is 34.0 Å². The molecule has 2 N–H and O–H groups in total. The van der Waals surface area contributed by atoms with Gasteiger partial charge in [0.15, 0.2) is 0 Å². The van der Waals surface area contributed by atoms with Crippen LogP contribution in [-0.4, -0.2) is 60.8 Å². The van der Waals surface area contributed by atoms with E-state index in [1.165, 1.54) is 11.0 Å². The van der Waals surface area contributed by atoms with E-state index < -0.39 is 59.6 Å². The minimum absolute atomic E-state index is 0.0417. The molecule has 0 aliphatic carbocycles. The first kappa shape index (κ1) is 35.6. The number of para-hydroxylation sites is 1. The first-order valence-electron chi connectivity index (χ1n) is 16.8. The third-order valence-electron chi connectivity index (χ3n) is 8.55. The van der Waals surface area contributed by atoms with E-state index in [4.69, 9.17) is 18.6 Å². The van der Waals surface area contributed by atoms with E-state index in [1.807, 2.05) is 0 Å². The van der Waals surface area contributed by atoms with Crippen molar-refractivity contribution in [2.45, 2.75) is 38.0 Å². The number of benzene rings is 4. The lowest BCUT2D eigenvalue weighted by atomic mass is 9.85. The van der Waals surface area contributed by atoms with Crippen molar-refractivity contribution in [2.75, 3.05) is 24.7 Å². The van der Waals surface area contributed by atoms with Crippen molar-refractivity contribution < 1.29 is 42.9 Å². The summed E-state index contributed by atoms with van der Waals surface area (Å²) in [6, 6.07) is 27.1. The van der Waals surface area contributed by atoms with Crippen molar-refractivity contribution in [3.8, 4) is 5.75 Å². The molecule has 1 aliphatic heterocycles. The fraction of sp³-hybridized carbons (Fsp3) is 0.225. The van der Waals surface area contributed by atoms with Gasteiger partial charge in [0.2, 0.25) is 0 Å². The summed E-state index contributed by atoms with van der Waals surface area (Å²) >= 11 is 0. The standard InChI is InChI=1S/C40H36N2O10/c1-2-49-34(44)24-32-36(52-40(48)30-22-27-16-9-10-17-33(27)51-39(30)47)35(41-37(45)25-12-5-3-6-13-25)29-23-28(50-21-11-20-43)18-19-31(29)42(32)38(46)26-14-7-4-8-15-26/h3-10,12-19,22-23,32,35-36,43H,2,11,20-21,24H2,1H3,(H,41,45)/t32-,35-,36-/m0/s1. The third-order valence-corrected chi connectivity index (χ3v) is 8.55. The number of hydrogen-bond donors (Lipinski definition) is 2. The lowest BCUT2D eigenvalue weighted by molar-refractivity contribution is -0.144. The Morgan fingerprint density at radius 2 is 1.56 bits per heavy atom. The average molecular weight is 705 g/mol. The second-order valence-electron chi connectivity index (χ2n) is 11.9. The summed E-state index contributed by atoms with van der Waals surface area (Å²) in [5.41, 5.74) is 0.101. The van der Waals surface area contributed by atoms with Gasteiger partial charge in [-0.1, -0.05) is 54.6 Å². The van der Waals surface area contributed by atoms with Crippen molar-refractivity contribution in [3.63, 3.8) is 0 Å². The Morgan fingerprint density at radius 3 is 2.27 bits per heavy atom. The van der Waals surface area contributed by atoms with Gasteiger partial charge in [-0.15, -0.1) is 0 Å². The molecule has 12 nitrogen and oxygen atoms in total. The fourth-order valence-electron chi connectivity index (χ4n) is 6.16. The Hall–Kier alpha value is -6.27. The number of hydrogen-bond acceptors (Lipinski definition) is 10. The van der Waals surface area contributed by atoms with Gasteiger partial charge >= 0.3 is 17.6 Å². The van der Waals surface area contributed by atoms with Crippen LogP contribution < -0.4 is 20.6 Å². The summed E-state index contributed by atoms with van der Waals surface area (Å²) in [5, 5.41) is 12.8. The van der Waals surface area contributed by atoms with Crippen LogP contribution in [0.2, 0.25) is 0 Å². The fourth-order valence-corrected chi connectivity index (χ4v) is 6.16. The van der Waals surface area contributed by atoms with Gasteiger partial charge in [-0.2, -0.15) is 0 Å². The molecule has 6 rings (SSSR count). The maximum Gasteiger partial charge on any atom is 0.351 e. The lowest BCUT2D eigenvalue weighted by Gasteiger charge is -2.45. The van der Waals surface area contributed by atoms with Crippen LogP contribution in [0.3, 0.4) is 0 Å². The van der Waals surface area contributed by atoms with Gasteiger partial charge in [-0.3, -0.25) is 14.4 Å². The molecule has 266 valence electrons. The Labute approximate surface area is 298 Å². The lowest BCUT2D eigenvalue weighted by Crippen LogP contribution is -2.58. The number of amides is 2. The molecule has 0 saturated carbocycles. The van der Waals surface area contributed by atoms with Gasteiger partial charge in [-0.25, -0.2) is 9.59 Å². The van der Waals surface area contributed by atoms with Crippen LogP contribution in [0.1, 0.15) is 62.4 Å². The molecule has 3 atom stereocenters. The smallest absolute Gasteiger partial charge is 0.351 e. The molecular formula is C40H36N2O10. The predicted molar refractivity (Wildman–Crippen MR) is 190 cm³/mol. The molecule has 0 bridgehead atoms. The SMILES string of the molecule is CCOC(=O)C[C@H]1[C@H](OC(=O)c2cc3ccccc3oc2=O)[C@@H](NC(=O)c2ccccc2)c2cc(OCCCO)ccc2N1C(=O)c1ccccc1. The molecule has 5 aromatic rings. The van der Waals surface area contributed by atoms with Crippen molar-refractivity contribution in [1.82, 2.24) is 5.32 Å². The molecule has 2 amide bonds. The molecule has 0 radical (unpaired) electrons. The summed E-state index contributed by atoms with van der Waals surface area (Å²) < 4.78 is 22.8. The molecule has 12 heteroatoms. The minimum Gasteiger partial charge on any atom is -0.493 e. The predicted octanol–water partition coefficient (Wildman–Crippen LogP) is 5.23. The minimum atomic E-state index is -1.46. The van der Waals surface area contributed by atoms with Crippen molar-refractivity contribution in [2.24, 2.45) is 0 Å². The summed E-state index contributed by atoms with van der Waals surface area (Å²) in [6.07, 6.45) is -1.55. The van der Waals surface area contributed by atoms with E-state index >= 15 is 0 Å². The molecule has 0 saturated heterocycles. The number of fused-ring (bicyclic) bond motifs is 2. The first-order valence-corrected chi connectivity index (χ1v) is 16.8. The quantitative estimate of drug-likeness (QED) is 0.0999. The van der Waals surface area contributed by atoms with E-state index in [0.29, 0.717) is 34.4 Å². The summed E-state index contributed by atoms with van der Waals surface area (Å²) in [5.74, 6) is -2.49. The van der Waals surface area contributed by atoms with Crippen molar-refractivity contribution >= 4 is 40.4 Å². The van der Waals surface area contributed by atoms with E-state index in [2.05, 4.69) is 5.32 Å². The number of ether oxygens (including phenoxy) is 3. The molecule has 0 fully saturated rings. The highest BCUT2D eigenvalue weighted by molar-refractivity contribution is 6.08. The topological polar surface area (TPSA) is 162 Å². The summed E-state index contributed by atoms with van der Waals surface area (Å²) in [7, 11) is 0. The third kappa shape index (κ3) is 7.72. The van der Waals surface area contributed by atoms with Crippen molar-refractivity contribution in [1.29, 1.82) is 0 Å². The van der Waals surface area contributed by atoms with E-state index in [-0.39, 0.29) is 31.0 Å². The molecule has 1 aliphatic rings. The number of carbonyl (C=O) groups excluding carboxylic acids is 4. The number of anilines is 1. The number of rotatable bonds is 12. The van der Waals surface area contributed by atoms with Gasteiger partial charge in [0.05, 0.1) is 37.4 Å². The maximum absolute atomic E-state index is 14.5. The number of aliphatic hydroxyl groups is 1. The highest BCUT2D eigenvalue weighted by atomic mass is 16.6. The number of aliphatic hydroxyl groups excluding tert-OH is 1. The van der Waals surface area contributed by atoms with Crippen LogP contribution in [0.5, 0.6) is 5.75 Å². The van der Waals surface area contributed by atoms with Crippen molar-refractivity contribution in [3.05, 3.63) is 142 Å². The summed E-state index contributed by atoms with van der Waals surface area (Å²) in [4.78, 5) is 70.2. The Bertz CT molecular complexity index is 2130. The monoisotopic (exact) mass is 704 g/mol. The molecule has 4 aromatic carbocycles. The molecular weight excluding hydrogens is 668 g/mol. The van der Waals surface area contributed by atoms with Crippen LogP contribution in [0.25, 0.3) is 11.0 Å². The zero-order chi connectivity index (χ0) is 36.6.